The maximum Gasteiger partial charge on any atom is 0.140 e. The van der Waals surface area contributed by atoms with Crippen LogP contribution < -0.4 is 5.73 Å². The summed E-state index contributed by atoms with van der Waals surface area (Å²) in [5.41, 5.74) is 12.4. The average molecular weight is 255 g/mol. The summed E-state index contributed by atoms with van der Waals surface area (Å²) in [6.45, 7) is 7.27. The highest BCUT2D eigenvalue weighted by molar-refractivity contribution is 5.63. The van der Waals surface area contributed by atoms with Crippen LogP contribution in [0.1, 0.15) is 28.9 Å². The van der Waals surface area contributed by atoms with E-state index in [9.17, 15) is 0 Å². The molecule has 0 aliphatic carbocycles. The molecule has 2 heterocycles. The lowest BCUT2D eigenvalue weighted by molar-refractivity contribution is 0.462. The van der Waals surface area contributed by atoms with E-state index in [1.165, 1.54) is 22.4 Å². The first kappa shape index (κ1) is 12.4. The van der Waals surface area contributed by atoms with Crippen LogP contribution in [0.25, 0.3) is 11.4 Å². The number of benzene rings is 1. The van der Waals surface area contributed by atoms with Gasteiger partial charge < -0.3 is 10.3 Å². The van der Waals surface area contributed by atoms with Gasteiger partial charge in [0.05, 0.1) is 5.69 Å². The van der Waals surface area contributed by atoms with Crippen LogP contribution in [0.3, 0.4) is 0 Å². The standard InChI is InChI=1S/C16H21N3/c1-10-4-5-11(2)14(8-10)16-18-12(3)15-7-6-13(17)9-19(15)16/h4-5,8,13H,6-7,9,17H2,1-3H3. The molecule has 19 heavy (non-hydrogen) atoms. The molecule has 0 radical (unpaired) electrons. The van der Waals surface area contributed by atoms with Crippen molar-refractivity contribution in [1.82, 2.24) is 9.55 Å². The Morgan fingerprint density at radius 3 is 2.84 bits per heavy atom. The normalized spacial score (nSPS) is 18.4. The van der Waals surface area contributed by atoms with Gasteiger partial charge in [-0.2, -0.15) is 0 Å². The van der Waals surface area contributed by atoms with Crippen LogP contribution in [-0.2, 0) is 13.0 Å². The van der Waals surface area contributed by atoms with Crippen molar-refractivity contribution in [2.24, 2.45) is 5.73 Å². The largest absolute Gasteiger partial charge is 0.326 e. The van der Waals surface area contributed by atoms with Crippen molar-refractivity contribution >= 4 is 0 Å². The van der Waals surface area contributed by atoms with Crippen molar-refractivity contribution in [1.29, 1.82) is 0 Å². The molecule has 3 heteroatoms. The monoisotopic (exact) mass is 255 g/mol. The molecule has 0 bridgehead atoms. The highest BCUT2D eigenvalue weighted by Gasteiger charge is 2.23. The third kappa shape index (κ3) is 2.08. The molecule has 0 fully saturated rings. The molecule has 0 amide bonds. The Bertz CT molecular complexity index is 625. The zero-order valence-corrected chi connectivity index (χ0v) is 11.9. The maximum atomic E-state index is 6.13. The quantitative estimate of drug-likeness (QED) is 0.851. The minimum atomic E-state index is 0.255. The number of fused-ring (bicyclic) bond motifs is 1. The van der Waals surface area contributed by atoms with Crippen LogP contribution in [0.5, 0.6) is 0 Å². The highest BCUT2D eigenvalue weighted by atomic mass is 15.1. The van der Waals surface area contributed by atoms with Gasteiger partial charge in [0.15, 0.2) is 0 Å². The van der Waals surface area contributed by atoms with Gasteiger partial charge >= 0.3 is 0 Å². The van der Waals surface area contributed by atoms with E-state index in [0.717, 1.165) is 30.9 Å². The maximum absolute atomic E-state index is 6.13. The zero-order chi connectivity index (χ0) is 13.6. The Morgan fingerprint density at radius 2 is 2.05 bits per heavy atom. The number of nitrogens with zero attached hydrogens (tertiary/aromatic N) is 2. The fraction of sp³-hybridized carbons (Fsp3) is 0.438. The lowest BCUT2D eigenvalue weighted by Crippen LogP contribution is -2.32. The number of aryl methyl sites for hydroxylation is 3. The molecule has 1 unspecified atom stereocenters. The summed E-state index contributed by atoms with van der Waals surface area (Å²) < 4.78 is 2.32. The average Bonchev–Trinajstić information content (AvgIpc) is 2.69. The van der Waals surface area contributed by atoms with Gasteiger partial charge in [0.25, 0.3) is 0 Å². The molecular formula is C16H21N3. The summed E-state index contributed by atoms with van der Waals surface area (Å²) in [6.07, 6.45) is 2.11. The van der Waals surface area contributed by atoms with Gasteiger partial charge in [-0.25, -0.2) is 4.98 Å². The fourth-order valence-corrected chi connectivity index (χ4v) is 2.95. The van der Waals surface area contributed by atoms with Crippen LogP contribution >= 0.6 is 0 Å². The lowest BCUT2D eigenvalue weighted by Gasteiger charge is -2.23. The smallest absolute Gasteiger partial charge is 0.140 e. The summed E-state index contributed by atoms with van der Waals surface area (Å²) in [5, 5.41) is 0. The Labute approximate surface area is 114 Å². The molecule has 100 valence electrons. The van der Waals surface area contributed by atoms with Crippen LogP contribution in [0.2, 0.25) is 0 Å². The van der Waals surface area contributed by atoms with Crippen LogP contribution in [-0.4, -0.2) is 15.6 Å². The molecule has 3 nitrogen and oxygen atoms in total. The predicted octanol–water partition coefficient (Wildman–Crippen LogP) is 2.75. The second-order valence-corrected chi connectivity index (χ2v) is 5.70. The molecule has 0 saturated carbocycles. The van der Waals surface area contributed by atoms with E-state index in [1.807, 2.05) is 0 Å². The third-order valence-electron chi connectivity index (χ3n) is 4.08. The van der Waals surface area contributed by atoms with Crippen molar-refractivity contribution in [3.8, 4) is 11.4 Å². The van der Waals surface area contributed by atoms with E-state index in [-0.39, 0.29) is 6.04 Å². The molecule has 0 spiro atoms. The first-order chi connectivity index (χ1) is 9.06. The fourth-order valence-electron chi connectivity index (χ4n) is 2.95. The van der Waals surface area contributed by atoms with E-state index in [2.05, 4.69) is 43.5 Å². The number of aromatic nitrogens is 2. The van der Waals surface area contributed by atoms with Crippen molar-refractivity contribution in [3.05, 3.63) is 40.7 Å². The van der Waals surface area contributed by atoms with Gasteiger partial charge in [-0.15, -0.1) is 0 Å². The molecule has 2 aromatic rings. The molecule has 1 aliphatic rings. The number of rotatable bonds is 1. The summed E-state index contributed by atoms with van der Waals surface area (Å²) in [4.78, 5) is 4.81. The van der Waals surface area contributed by atoms with Crippen molar-refractivity contribution in [3.63, 3.8) is 0 Å². The summed E-state index contributed by atoms with van der Waals surface area (Å²) in [7, 11) is 0. The van der Waals surface area contributed by atoms with Crippen molar-refractivity contribution in [2.45, 2.75) is 46.2 Å². The molecular weight excluding hydrogens is 234 g/mol. The number of nitrogens with two attached hydrogens (primary N) is 1. The van der Waals surface area contributed by atoms with Crippen molar-refractivity contribution < 1.29 is 0 Å². The highest BCUT2D eigenvalue weighted by Crippen LogP contribution is 2.29. The Morgan fingerprint density at radius 1 is 1.26 bits per heavy atom. The molecule has 1 atom stereocenters. The van der Waals surface area contributed by atoms with Gasteiger partial charge in [-0.1, -0.05) is 17.7 Å². The first-order valence-electron chi connectivity index (χ1n) is 6.95. The summed E-state index contributed by atoms with van der Waals surface area (Å²) >= 11 is 0. The van der Waals surface area contributed by atoms with Gasteiger partial charge in [-0.05, 0) is 45.2 Å². The van der Waals surface area contributed by atoms with Crippen LogP contribution in [0.15, 0.2) is 18.2 Å². The lowest BCUT2D eigenvalue weighted by atomic mass is 10.0. The SMILES string of the molecule is Cc1ccc(C)c(-c2nc(C)c3n2CC(N)CC3)c1. The first-order valence-corrected chi connectivity index (χ1v) is 6.95. The molecule has 3 rings (SSSR count). The molecule has 1 aliphatic heterocycles. The third-order valence-corrected chi connectivity index (χ3v) is 4.08. The minimum Gasteiger partial charge on any atom is -0.326 e. The topological polar surface area (TPSA) is 43.8 Å². The Kier molecular flexibility index (Phi) is 2.94. The molecule has 1 aromatic carbocycles. The Balaban J connectivity index is 2.18. The molecule has 2 N–H and O–H groups in total. The zero-order valence-electron chi connectivity index (χ0n) is 11.9. The molecule has 0 saturated heterocycles. The van der Waals surface area contributed by atoms with E-state index in [4.69, 9.17) is 10.7 Å². The second-order valence-electron chi connectivity index (χ2n) is 5.70. The number of hydrogen-bond acceptors (Lipinski definition) is 2. The van der Waals surface area contributed by atoms with Crippen LogP contribution in [0, 0.1) is 20.8 Å². The summed E-state index contributed by atoms with van der Waals surface area (Å²) in [6, 6.07) is 6.80. The van der Waals surface area contributed by atoms with Gasteiger partial charge in [0.2, 0.25) is 0 Å². The van der Waals surface area contributed by atoms with Gasteiger partial charge in [0.1, 0.15) is 5.82 Å². The van der Waals surface area contributed by atoms with Crippen LogP contribution in [0.4, 0.5) is 0 Å². The minimum absolute atomic E-state index is 0.255. The second kappa shape index (κ2) is 4.49. The van der Waals surface area contributed by atoms with E-state index in [1.54, 1.807) is 0 Å². The van der Waals surface area contributed by atoms with Gasteiger partial charge in [0, 0.05) is 23.8 Å². The van der Waals surface area contributed by atoms with Gasteiger partial charge in [-0.3, -0.25) is 0 Å². The van der Waals surface area contributed by atoms with E-state index < -0.39 is 0 Å². The molecule has 1 aromatic heterocycles. The van der Waals surface area contributed by atoms with E-state index >= 15 is 0 Å². The summed E-state index contributed by atoms with van der Waals surface area (Å²) in [5.74, 6) is 1.09. The van der Waals surface area contributed by atoms with Crippen molar-refractivity contribution in [2.75, 3.05) is 0 Å². The number of imidazole rings is 1. The Hall–Kier alpha value is -1.61. The predicted molar refractivity (Wildman–Crippen MR) is 78.2 cm³/mol. The van der Waals surface area contributed by atoms with E-state index in [0.29, 0.717) is 0 Å². The number of hydrogen-bond donors (Lipinski definition) is 1.